The van der Waals surface area contributed by atoms with Crippen LogP contribution >= 0.6 is 11.8 Å². The summed E-state index contributed by atoms with van der Waals surface area (Å²) in [6.07, 6.45) is 1.76. The van der Waals surface area contributed by atoms with Crippen LogP contribution in [-0.2, 0) is 16.0 Å². The van der Waals surface area contributed by atoms with E-state index in [1.807, 2.05) is 36.4 Å². The number of aliphatic imine (C=N–C) groups is 1. The summed E-state index contributed by atoms with van der Waals surface area (Å²) in [5.74, 6) is -0.392. The second kappa shape index (κ2) is 8.42. The smallest absolute Gasteiger partial charge is 0.307 e. The molecule has 6 nitrogen and oxygen atoms in total. The quantitative estimate of drug-likeness (QED) is 0.601. The minimum absolute atomic E-state index is 0.0389. The molecule has 0 aliphatic carbocycles. The normalized spacial score (nSPS) is 16.2. The van der Waals surface area contributed by atoms with Crippen molar-refractivity contribution in [1.82, 2.24) is 5.32 Å². The van der Waals surface area contributed by atoms with E-state index in [1.54, 1.807) is 37.5 Å². The topological polar surface area (TPSA) is 88.0 Å². The average molecular weight is 418 g/mol. The maximum absolute atomic E-state index is 12.4. The lowest BCUT2D eigenvalue weighted by molar-refractivity contribution is -0.136. The summed E-state index contributed by atoms with van der Waals surface area (Å²) in [5, 5.41) is 14.1. The first-order valence-electron chi connectivity index (χ1n) is 9.19. The van der Waals surface area contributed by atoms with Gasteiger partial charge >= 0.3 is 5.97 Å². The molecule has 7 heteroatoms. The van der Waals surface area contributed by atoms with Crippen molar-refractivity contribution in [3.05, 3.63) is 76.7 Å². The lowest BCUT2D eigenvalue weighted by Gasteiger charge is -2.09. The van der Waals surface area contributed by atoms with E-state index in [4.69, 9.17) is 9.84 Å². The van der Waals surface area contributed by atoms with Gasteiger partial charge in [-0.25, -0.2) is 4.99 Å². The van der Waals surface area contributed by atoms with E-state index in [9.17, 15) is 9.59 Å². The van der Waals surface area contributed by atoms with E-state index in [0.717, 1.165) is 16.3 Å². The van der Waals surface area contributed by atoms with Gasteiger partial charge in [-0.05, 0) is 40.9 Å². The van der Waals surface area contributed by atoms with Crippen LogP contribution in [-0.4, -0.2) is 29.3 Å². The minimum Gasteiger partial charge on any atom is -0.495 e. The fourth-order valence-electron chi connectivity index (χ4n) is 3.20. The third-order valence-corrected chi connectivity index (χ3v) is 5.48. The standard InChI is InChI=1S/C23H18N2O4S/c1-29-21-16(9-8-15-4-2-3-5-18(15)21)13-19-22(28)25-23(30-19)24-17-10-6-14(7-11-17)12-20(26)27/h2-11,13H,12H2,1H3,(H,26,27)(H,24,25,28). The Kier molecular flexibility index (Phi) is 5.54. The number of methoxy groups -OCH3 is 1. The molecule has 0 atom stereocenters. The van der Waals surface area contributed by atoms with Gasteiger partial charge in [-0.1, -0.05) is 48.5 Å². The summed E-state index contributed by atoms with van der Waals surface area (Å²) in [6.45, 7) is 0. The summed E-state index contributed by atoms with van der Waals surface area (Å²) in [6, 6.07) is 18.7. The van der Waals surface area contributed by atoms with Crippen LogP contribution in [0.15, 0.2) is 70.6 Å². The van der Waals surface area contributed by atoms with Crippen LogP contribution in [0.2, 0.25) is 0 Å². The molecule has 0 radical (unpaired) electrons. The highest BCUT2D eigenvalue weighted by Crippen LogP contribution is 2.34. The minimum atomic E-state index is -0.883. The molecule has 1 aliphatic rings. The molecule has 0 aromatic heterocycles. The van der Waals surface area contributed by atoms with Crippen LogP contribution in [0.5, 0.6) is 5.75 Å². The highest BCUT2D eigenvalue weighted by Gasteiger charge is 2.24. The van der Waals surface area contributed by atoms with E-state index < -0.39 is 5.97 Å². The van der Waals surface area contributed by atoms with Crippen LogP contribution in [0, 0.1) is 0 Å². The number of benzene rings is 3. The van der Waals surface area contributed by atoms with Gasteiger partial charge in [0, 0.05) is 10.9 Å². The number of carboxylic acids is 1. The lowest BCUT2D eigenvalue weighted by Crippen LogP contribution is -2.19. The van der Waals surface area contributed by atoms with Crippen molar-refractivity contribution < 1.29 is 19.4 Å². The first-order valence-corrected chi connectivity index (χ1v) is 10.0. The predicted octanol–water partition coefficient (Wildman–Crippen LogP) is 4.37. The van der Waals surface area contributed by atoms with Crippen LogP contribution in [0.3, 0.4) is 0 Å². The van der Waals surface area contributed by atoms with Gasteiger partial charge in [0.2, 0.25) is 0 Å². The van der Waals surface area contributed by atoms with Crippen molar-refractivity contribution in [3.63, 3.8) is 0 Å². The van der Waals surface area contributed by atoms with Crippen LogP contribution < -0.4 is 10.1 Å². The van der Waals surface area contributed by atoms with Gasteiger partial charge in [0.25, 0.3) is 5.91 Å². The van der Waals surface area contributed by atoms with Crippen molar-refractivity contribution in [2.24, 2.45) is 4.99 Å². The summed E-state index contributed by atoms with van der Waals surface area (Å²) in [5.41, 5.74) is 2.14. The monoisotopic (exact) mass is 418 g/mol. The van der Waals surface area contributed by atoms with E-state index >= 15 is 0 Å². The van der Waals surface area contributed by atoms with Gasteiger partial charge in [-0.15, -0.1) is 0 Å². The van der Waals surface area contributed by atoms with Crippen LogP contribution in [0.1, 0.15) is 11.1 Å². The summed E-state index contributed by atoms with van der Waals surface area (Å²) >= 11 is 1.25. The lowest BCUT2D eigenvalue weighted by atomic mass is 10.0. The van der Waals surface area contributed by atoms with E-state index in [2.05, 4.69) is 10.3 Å². The molecule has 30 heavy (non-hydrogen) atoms. The maximum Gasteiger partial charge on any atom is 0.307 e. The van der Waals surface area contributed by atoms with Crippen molar-refractivity contribution in [2.75, 3.05) is 7.11 Å². The molecule has 1 saturated heterocycles. The number of amides is 1. The molecule has 1 aliphatic heterocycles. The highest BCUT2D eigenvalue weighted by atomic mass is 32.2. The Bertz CT molecular complexity index is 1200. The van der Waals surface area contributed by atoms with Crippen molar-refractivity contribution in [2.45, 2.75) is 6.42 Å². The number of thioether (sulfide) groups is 1. The molecule has 3 aromatic carbocycles. The Morgan fingerprint density at radius 3 is 2.63 bits per heavy atom. The zero-order valence-electron chi connectivity index (χ0n) is 16.1. The number of nitrogens with one attached hydrogen (secondary N) is 1. The van der Waals surface area contributed by atoms with E-state index in [0.29, 0.717) is 27.1 Å². The molecular weight excluding hydrogens is 400 g/mol. The molecule has 1 amide bonds. The third-order valence-electron chi connectivity index (χ3n) is 4.57. The third kappa shape index (κ3) is 4.21. The van der Waals surface area contributed by atoms with Gasteiger partial charge in [0.05, 0.1) is 24.1 Å². The first kappa shape index (κ1) is 19.7. The zero-order chi connectivity index (χ0) is 21.1. The van der Waals surface area contributed by atoms with E-state index in [1.165, 1.54) is 11.8 Å². The molecule has 4 rings (SSSR count). The van der Waals surface area contributed by atoms with Gasteiger partial charge in [0.15, 0.2) is 5.17 Å². The first-order chi connectivity index (χ1) is 14.5. The molecule has 0 bridgehead atoms. The molecule has 0 unspecified atom stereocenters. The largest absolute Gasteiger partial charge is 0.495 e. The molecule has 0 saturated carbocycles. The number of carbonyl (C=O) groups excluding carboxylic acids is 1. The fraction of sp³-hybridized carbons (Fsp3) is 0.0870. The molecule has 3 aromatic rings. The maximum atomic E-state index is 12.4. The average Bonchev–Trinajstić information content (AvgIpc) is 3.07. The number of carboxylic acid groups (broad SMARTS) is 1. The molecule has 2 N–H and O–H groups in total. The SMILES string of the molecule is COc1c(C=C2SC(=Nc3ccc(CC(=O)O)cc3)NC2=O)ccc2ccccc12. The van der Waals surface area contributed by atoms with Gasteiger partial charge in [0.1, 0.15) is 5.75 Å². The number of amidine groups is 1. The Hall–Kier alpha value is -3.58. The fourth-order valence-corrected chi connectivity index (χ4v) is 4.04. The van der Waals surface area contributed by atoms with Gasteiger partial charge in [-0.3, -0.25) is 9.59 Å². The number of nitrogens with zero attached hydrogens (tertiary/aromatic N) is 1. The van der Waals surface area contributed by atoms with Gasteiger partial charge < -0.3 is 15.2 Å². The number of aliphatic carboxylic acids is 1. The number of fused-ring (bicyclic) bond motifs is 1. The van der Waals surface area contributed by atoms with E-state index in [-0.39, 0.29) is 12.3 Å². The molecule has 1 fully saturated rings. The zero-order valence-corrected chi connectivity index (χ0v) is 16.9. The van der Waals surface area contributed by atoms with Crippen LogP contribution in [0.25, 0.3) is 16.8 Å². The number of carbonyl (C=O) groups is 2. The molecule has 150 valence electrons. The Morgan fingerprint density at radius 2 is 1.90 bits per heavy atom. The number of hydrogen-bond donors (Lipinski definition) is 2. The predicted molar refractivity (Wildman–Crippen MR) is 119 cm³/mol. The van der Waals surface area contributed by atoms with Crippen molar-refractivity contribution >= 4 is 51.3 Å². The number of hydrogen-bond acceptors (Lipinski definition) is 5. The van der Waals surface area contributed by atoms with Crippen molar-refractivity contribution in [1.29, 1.82) is 0 Å². The summed E-state index contributed by atoms with van der Waals surface area (Å²) in [4.78, 5) is 28.2. The second-order valence-corrected chi connectivity index (χ2v) is 7.66. The summed E-state index contributed by atoms with van der Waals surface area (Å²) in [7, 11) is 1.62. The number of ether oxygens (including phenoxy) is 1. The van der Waals surface area contributed by atoms with Crippen molar-refractivity contribution in [3.8, 4) is 5.75 Å². The Morgan fingerprint density at radius 1 is 1.13 bits per heavy atom. The number of rotatable bonds is 5. The molecule has 1 heterocycles. The van der Waals surface area contributed by atoms with Gasteiger partial charge in [-0.2, -0.15) is 0 Å². The Labute approximate surface area is 177 Å². The highest BCUT2D eigenvalue weighted by molar-refractivity contribution is 8.18. The second-order valence-electron chi connectivity index (χ2n) is 6.63. The summed E-state index contributed by atoms with van der Waals surface area (Å²) < 4.78 is 5.61. The molecule has 0 spiro atoms. The Balaban J connectivity index is 1.59. The van der Waals surface area contributed by atoms with Crippen LogP contribution in [0.4, 0.5) is 5.69 Å². The molecular formula is C23H18N2O4S.